The summed E-state index contributed by atoms with van der Waals surface area (Å²) in [5, 5.41) is 1.66. The zero-order valence-corrected chi connectivity index (χ0v) is 27.8. The maximum Gasteiger partial charge on any atom is 0.273 e. The van der Waals surface area contributed by atoms with Gasteiger partial charge < -0.3 is 14.2 Å². The molecule has 0 aliphatic rings. The molecule has 1 N–H and O–H groups in total. The zero-order valence-electron chi connectivity index (χ0n) is 26.2. The van der Waals surface area contributed by atoms with E-state index in [1.54, 1.807) is 11.4 Å². The lowest BCUT2D eigenvalue weighted by molar-refractivity contribution is -0.119. The number of benzene rings is 4. The first-order valence-corrected chi connectivity index (χ1v) is 18.1. The largest absolute Gasteiger partial charge is 0.493 e. The molecule has 47 heavy (non-hydrogen) atoms. The number of ether oxygens (including phenoxy) is 3. The van der Waals surface area contributed by atoms with Crippen LogP contribution in [0.25, 0.3) is 11.1 Å². The molecule has 5 rings (SSSR count). The molecule has 0 saturated carbocycles. The monoisotopic (exact) mass is 669 g/mol. The van der Waals surface area contributed by atoms with Crippen LogP contribution in [0.1, 0.15) is 36.0 Å². The van der Waals surface area contributed by atoms with Crippen molar-refractivity contribution >= 4 is 27.3 Å². The molecule has 5 aromatic rings. The van der Waals surface area contributed by atoms with Crippen LogP contribution < -0.4 is 14.2 Å². The standard InChI is InChI=1S/C38H39NO6S2/c40-37(39-47(41,42)38-17-8-27-46-38)23-20-32-14-4-5-16-36(32)33-18-21-34(22-19-33)44-25-9-26-45-35-15-6-12-31(28-35)29-43-24-7-13-30-10-2-1-3-11-30/h1-6,8,10-12,14-19,21-22,27-28H,7,9,13,20,23-26,29H2,(H,39,40). The van der Waals surface area contributed by atoms with Crippen molar-refractivity contribution in [1.29, 1.82) is 0 Å². The Labute approximate surface area is 281 Å². The first kappa shape index (κ1) is 33.9. The van der Waals surface area contributed by atoms with Crippen molar-refractivity contribution in [2.24, 2.45) is 0 Å². The van der Waals surface area contributed by atoms with E-state index in [0.717, 1.165) is 64.4 Å². The maximum absolute atomic E-state index is 12.4. The molecule has 0 radical (unpaired) electrons. The first-order chi connectivity index (χ1) is 23.0. The Bertz CT molecular complexity index is 1790. The molecule has 1 amide bonds. The number of rotatable bonds is 18. The smallest absolute Gasteiger partial charge is 0.273 e. The average Bonchev–Trinajstić information content (AvgIpc) is 3.65. The molecule has 0 bridgehead atoms. The Hall–Kier alpha value is -4.44. The number of hydrogen-bond acceptors (Lipinski definition) is 7. The maximum atomic E-state index is 12.4. The molecule has 0 aliphatic carbocycles. The van der Waals surface area contributed by atoms with Gasteiger partial charge in [0.2, 0.25) is 5.91 Å². The minimum atomic E-state index is -3.83. The third kappa shape index (κ3) is 10.8. The summed E-state index contributed by atoms with van der Waals surface area (Å²) in [5.41, 5.74) is 5.35. The van der Waals surface area contributed by atoms with Gasteiger partial charge in [-0.15, -0.1) is 11.3 Å². The quantitative estimate of drug-likeness (QED) is 0.0956. The summed E-state index contributed by atoms with van der Waals surface area (Å²) in [7, 11) is -3.83. The van der Waals surface area contributed by atoms with Gasteiger partial charge in [0.25, 0.3) is 10.0 Å². The van der Waals surface area contributed by atoms with E-state index in [2.05, 4.69) is 29.0 Å². The van der Waals surface area contributed by atoms with Gasteiger partial charge in [-0.05, 0) is 82.8 Å². The van der Waals surface area contributed by atoms with Gasteiger partial charge in [0, 0.05) is 19.4 Å². The molecular weight excluding hydrogens is 631 g/mol. The summed E-state index contributed by atoms with van der Waals surface area (Å²) in [6, 6.07) is 37.2. The summed E-state index contributed by atoms with van der Waals surface area (Å²) in [6.07, 6.45) is 3.20. The summed E-state index contributed by atoms with van der Waals surface area (Å²) < 4.78 is 44.8. The Balaban J connectivity index is 1.01. The number of hydrogen-bond donors (Lipinski definition) is 1. The van der Waals surface area contributed by atoms with E-state index in [9.17, 15) is 13.2 Å². The van der Waals surface area contributed by atoms with Crippen molar-refractivity contribution < 1.29 is 27.4 Å². The van der Waals surface area contributed by atoms with Crippen molar-refractivity contribution in [3.8, 4) is 22.6 Å². The molecule has 7 nitrogen and oxygen atoms in total. The number of nitrogens with one attached hydrogen (secondary N) is 1. The Kier molecular flexibility index (Phi) is 12.6. The highest BCUT2D eigenvalue weighted by Gasteiger charge is 2.18. The van der Waals surface area contributed by atoms with Crippen molar-refractivity contribution in [1.82, 2.24) is 4.72 Å². The van der Waals surface area contributed by atoms with Crippen LogP contribution in [0.2, 0.25) is 0 Å². The molecule has 0 unspecified atom stereocenters. The first-order valence-electron chi connectivity index (χ1n) is 15.7. The van der Waals surface area contributed by atoms with Crippen molar-refractivity contribution in [2.45, 2.75) is 42.9 Å². The predicted molar refractivity (Wildman–Crippen MR) is 186 cm³/mol. The molecule has 0 saturated heterocycles. The fourth-order valence-corrected chi connectivity index (χ4v) is 7.05. The highest BCUT2D eigenvalue weighted by Crippen LogP contribution is 2.27. The van der Waals surface area contributed by atoms with Crippen LogP contribution in [0, 0.1) is 0 Å². The van der Waals surface area contributed by atoms with E-state index in [4.69, 9.17) is 14.2 Å². The van der Waals surface area contributed by atoms with Gasteiger partial charge in [-0.25, -0.2) is 13.1 Å². The number of carbonyl (C=O) groups is 1. The third-order valence-electron chi connectivity index (χ3n) is 7.40. The summed E-state index contributed by atoms with van der Waals surface area (Å²) in [5.74, 6) is 1.05. The highest BCUT2D eigenvalue weighted by atomic mass is 32.2. The Morgan fingerprint density at radius 3 is 2.21 bits per heavy atom. The fraction of sp³-hybridized carbons (Fsp3) is 0.237. The lowest BCUT2D eigenvalue weighted by Crippen LogP contribution is -2.30. The molecular formula is C38H39NO6S2. The molecule has 0 aliphatic heterocycles. The van der Waals surface area contributed by atoms with Crippen LogP contribution in [0.3, 0.4) is 0 Å². The van der Waals surface area contributed by atoms with Gasteiger partial charge in [0.15, 0.2) is 0 Å². The molecule has 0 atom stereocenters. The lowest BCUT2D eigenvalue weighted by Gasteiger charge is -2.12. The van der Waals surface area contributed by atoms with Crippen LogP contribution in [0.5, 0.6) is 11.5 Å². The fourth-order valence-electron chi connectivity index (χ4n) is 5.04. The number of amides is 1. The number of thiophene rings is 1. The summed E-state index contributed by atoms with van der Waals surface area (Å²) >= 11 is 1.07. The van der Waals surface area contributed by atoms with Gasteiger partial charge in [-0.2, -0.15) is 0 Å². The minimum Gasteiger partial charge on any atom is -0.493 e. The van der Waals surface area contributed by atoms with Crippen LogP contribution in [0.15, 0.2) is 125 Å². The van der Waals surface area contributed by atoms with Crippen molar-refractivity contribution in [3.05, 3.63) is 137 Å². The van der Waals surface area contributed by atoms with Crippen LogP contribution in [0.4, 0.5) is 0 Å². The molecule has 0 fully saturated rings. The zero-order chi connectivity index (χ0) is 32.7. The van der Waals surface area contributed by atoms with Gasteiger partial charge in [0.05, 0.1) is 19.8 Å². The SMILES string of the molecule is O=C(CCc1ccccc1-c1ccc(OCCCOc2cccc(COCCCc3ccccc3)c2)cc1)NS(=O)(=O)c1cccs1. The van der Waals surface area contributed by atoms with Crippen LogP contribution >= 0.6 is 11.3 Å². The molecule has 1 heterocycles. The van der Waals surface area contributed by atoms with E-state index < -0.39 is 15.9 Å². The van der Waals surface area contributed by atoms with Crippen LogP contribution in [-0.2, 0) is 39.0 Å². The third-order valence-corrected chi connectivity index (χ3v) is 10.2. The second-order valence-electron chi connectivity index (χ2n) is 11.0. The van der Waals surface area contributed by atoms with Gasteiger partial charge in [-0.3, -0.25) is 4.79 Å². The van der Waals surface area contributed by atoms with Crippen molar-refractivity contribution in [2.75, 3.05) is 19.8 Å². The lowest BCUT2D eigenvalue weighted by atomic mass is 9.96. The highest BCUT2D eigenvalue weighted by molar-refractivity contribution is 7.92. The normalized spacial score (nSPS) is 11.2. The number of aryl methyl sites for hydroxylation is 2. The molecule has 244 valence electrons. The van der Waals surface area contributed by atoms with Gasteiger partial charge >= 0.3 is 0 Å². The van der Waals surface area contributed by atoms with E-state index >= 15 is 0 Å². The Morgan fingerprint density at radius 2 is 1.43 bits per heavy atom. The summed E-state index contributed by atoms with van der Waals surface area (Å²) in [6.45, 7) is 2.33. The minimum absolute atomic E-state index is 0.0537. The van der Waals surface area contributed by atoms with E-state index in [0.29, 0.717) is 32.8 Å². The second-order valence-corrected chi connectivity index (χ2v) is 13.8. The van der Waals surface area contributed by atoms with Crippen molar-refractivity contribution in [3.63, 3.8) is 0 Å². The molecule has 0 spiro atoms. The molecule has 9 heteroatoms. The van der Waals surface area contributed by atoms with Crippen LogP contribution in [-0.4, -0.2) is 34.1 Å². The van der Waals surface area contributed by atoms with E-state index in [1.165, 1.54) is 11.6 Å². The van der Waals surface area contributed by atoms with Gasteiger partial charge in [0.1, 0.15) is 15.7 Å². The molecule has 4 aromatic carbocycles. The predicted octanol–water partition coefficient (Wildman–Crippen LogP) is 7.85. The summed E-state index contributed by atoms with van der Waals surface area (Å²) in [4.78, 5) is 12.4. The van der Waals surface area contributed by atoms with Gasteiger partial charge in [-0.1, -0.05) is 84.9 Å². The number of sulfonamides is 1. The number of carbonyl (C=O) groups excluding carboxylic acids is 1. The average molecular weight is 670 g/mol. The topological polar surface area (TPSA) is 90.9 Å². The Morgan fingerprint density at radius 1 is 0.681 bits per heavy atom. The molecule has 1 aromatic heterocycles. The van der Waals surface area contributed by atoms with E-state index in [-0.39, 0.29) is 10.6 Å². The second kappa shape index (κ2) is 17.5. The van der Waals surface area contributed by atoms with E-state index in [1.807, 2.05) is 78.9 Å².